The molecule has 0 aliphatic rings. The highest BCUT2D eigenvalue weighted by Crippen LogP contribution is 2.41. The molecule has 12 aromatic rings. The van der Waals surface area contributed by atoms with Gasteiger partial charge in [0.2, 0.25) is 5.89 Å². The highest BCUT2D eigenvalue weighted by molar-refractivity contribution is 6.19. The van der Waals surface area contributed by atoms with Gasteiger partial charge in [-0.15, -0.1) is 0 Å². The Bertz CT molecular complexity index is 3820. The molecule has 0 atom stereocenters. The summed E-state index contributed by atoms with van der Waals surface area (Å²) in [5.41, 5.74) is 14.2. The lowest BCUT2D eigenvalue weighted by atomic mass is 9.96. The van der Waals surface area contributed by atoms with Gasteiger partial charge in [0.05, 0.1) is 22.1 Å². The van der Waals surface area contributed by atoms with E-state index in [-0.39, 0.29) is 0 Å². The van der Waals surface area contributed by atoms with Gasteiger partial charge in [-0.2, -0.15) is 0 Å². The fraction of sp³-hybridized carbons (Fsp3) is 0.0172. The topological polar surface area (TPSA) is 35.9 Å². The highest BCUT2D eigenvalue weighted by atomic mass is 16.3. The van der Waals surface area contributed by atoms with Gasteiger partial charge in [0, 0.05) is 43.9 Å². The molecule has 0 spiro atoms. The maximum Gasteiger partial charge on any atom is 0.227 e. The van der Waals surface area contributed by atoms with Gasteiger partial charge in [0.25, 0.3) is 0 Å². The average molecular weight is 794 g/mol. The van der Waals surface area contributed by atoms with Crippen LogP contribution in [0.15, 0.2) is 217 Å². The molecule has 292 valence electrons. The molecule has 0 amide bonds. The summed E-state index contributed by atoms with van der Waals surface area (Å²) in [5.74, 6) is 0.635. The molecule has 0 radical (unpaired) electrons. The number of nitrogens with zero attached hydrogens (tertiary/aromatic N) is 3. The first-order chi connectivity index (χ1) is 30.6. The molecule has 0 bridgehead atoms. The molecule has 0 saturated heterocycles. The van der Waals surface area contributed by atoms with E-state index >= 15 is 0 Å². The maximum absolute atomic E-state index is 6.29. The van der Waals surface area contributed by atoms with Gasteiger partial charge in [-0.05, 0) is 136 Å². The van der Waals surface area contributed by atoms with Crippen LogP contribution in [0.5, 0.6) is 0 Å². The number of oxazole rings is 1. The van der Waals surface area contributed by atoms with Crippen LogP contribution in [-0.2, 0) is 0 Å². The minimum atomic E-state index is 0.635. The lowest BCUT2D eigenvalue weighted by Crippen LogP contribution is -1.94. The highest BCUT2D eigenvalue weighted by Gasteiger charge is 2.18. The predicted molar refractivity (Wildman–Crippen MR) is 262 cm³/mol. The Morgan fingerprint density at radius 1 is 0.516 bits per heavy atom. The maximum atomic E-state index is 6.29. The summed E-state index contributed by atoms with van der Waals surface area (Å²) in [5, 5.41) is 9.43. The minimum Gasteiger partial charge on any atom is -0.436 e. The number of fused-ring (bicyclic) bond motifs is 11. The minimum absolute atomic E-state index is 0.635. The quantitative estimate of drug-likeness (QED) is 0.119. The van der Waals surface area contributed by atoms with Crippen molar-refractivity contribution in [3.8, 4) is 39.4 Å². The van der Waals surface area contributed by atoms with Crippen LogP contribution in [0.4, 0.5) is 0 Å². The summed E-state index contributed by atoms with van der Waals surface area (Å²) < 4.78 is 11.0. The third-order valence-electron chi connectivity index (χ3n) is 12.4. The van der Waals surface area contributed by atoms with Crippen molar-refractivity contribution < 1.29 is 4.42 Å². The Morgan fingerprint density at radius 2 is 1.10 bits per heavy atom. The Kier molecular flexibility index (Phi) is 8.19. The van der Waals surface area contributed by atoms with Gasteiger partial charge in [-0.1, -0.05) is 122 Å². The fourth-order valence-corrected chi connectivity index (χ4v) is 9.52. The third-order valence-corrected chi connectivity index (χ3v) is 12.4. The smallest absolute Gasteiger partial charge is 0.227 e. The van der Waals surface area contributed by atoms with E-state index < -0.39 is 0 Å². The van der Waals surface area contributed by atoms with Crippen LogP contribution in [-0.4, -0.2) is 14.1 Å². The van der Waals surface area contributed by atoms with Crippen LogP contribution < -0.4 is 0 Å². The fourth-order valence-electron chi connectivity index (χ4n) is 9.52. The van der Waals surface area contributed by atoms with E-state index in [2.05, 4.69) is 173 Å². The lowest BCUT2D eigenvalue weighted by Gasteiger charge is -2.10. The molecule has 4 nitrogen and oxygen atoms in total. The lowest BCUT2D eigenvalue weighted by molar-refractivity contribution is 0.620. The Balaban J connectivity index is 1.02. The van der Waals surface area contributed by atoms with Gasteiger partial charge < -0.3 is 13.6 Å². The van der Waals surface area contributed by atoms with Crippen LogP contribution in [0.3, 0.4) is 0 Å². The second-order valence-electron chi connectivity index (χ2n) is 15.9. The second kappa shape index (κ2) is 14.2. The van der Waals surface area contributed by atoms with E-state index in [4.69, 9.17) is 9.40 Å². The van der Waals surface area contributed by atoms with Crippen molar-refractivity contribution in [3.63, 3.8) is 0 Å². The van der Waals surface area contributed by atoms with E-state index in [1.807, 2.05) is 55.5 Å². The molecule has 0 aliphatic carbocycles. The van der Waals surface area contributed by atoms with Crippen molar-refractivity contribution in [1.29, 1.82) is 0 Å². The van der Waals surface area contributed by atoms with Crippen LogP contribution >= 0.6 is 0 Å². The number of hydrogen-bond donors (Lipinski definition) is 0. The van der Waals surface area contributed by atoms with Crippen LogP contribution in [0.2, 0.25) is 0 Å². The molecule has 0 aliphatic heterocycles. The predicted octanol–water partition coefficient (Wildman–Crippen LogP) is 15.9. The zero-order valence-corrected chi connectivity index (χ0v) is 34.1. The molecule has 0 N–H and O–H groups in total. The second-order valence-corrected chi connectivity index (χ2v) is 15.9. The first kappa shape index (κ1) is 35.7. The standard InChI is InChI=1S/C58H39N3O/c1-3-5-16-44(4-2)60-51-20-13-12-19-47(51)48-34-41(25-29-52(48)60)42-26-31-54-50(36-42)49-35-40(24-30-53(49)61(54)45-17-10-7-11-18-45)39-23-28-46-43(33-39)22-21-37-27-32-55-57(56(37)46)59-58(62-55)38-14-8-6-9-15-38/h3-36H,2H2,1H3/b5-3-,44-16+. The van der Waals surface area contributed by atoms with Gasteiger partial charge >= 0.3 is 0 Å². The van der Waals surface area contributed by atoms with Gasteiger partial charge in [0.15, 0.2) is 5.58 Å². The summed E-state index contributed by atoms with van der Waals surface area (Å²) in [6, 6.07) is 65.5. The molecule has 12 rings (SSSR count). The average Bonchev–Trinajstić information content (AvgIpc) is 4.02. The van der Waals surface area contributed by atoms with Crippen LogP contribution in [0.1, 0.15) is 6.92 Å². The molecule has 9 aromatic carbocycles. The first-order valence-electron chi connectivity index (χ1n) is 21.1. The van der Waals surface area contributed by atoms with Crippen molar-refractivity contribution in [2.75, 3.05) is 0 Å². The van der Waals surface area contributed by atoms with Crippen molar-refractivity contribution in [1.82, 2.24) is 14.1 Å². The Labute approximate surface area is 358 Å². The largest absolute Gasteiger partial charge is 0.436 e. The van der Waals surface area contributed by atoms with Gasteiger partial charge in [-0.25, -0.2) is 4.98 Å². The number of benzene rings is 9. The summed E-state index contributed by atoms with van der Waals surface area (Å²) in [4.78, 5) is 5.03. The molecule has 3 heterocycles. The van der Waals surface area contributed by atoms with E-state index in [0.29, 0.717) is 5.89 Å². The number of hydrogen-bond acceptors (Lipinski definition) is 2. The van der Waals surface area contributed by atoms with E-state index in [0.717, 1.165) is 66.2 Å². The summed E-state index contributed by atoms with van der Waals surface area (Å²) >= 11 is 0. The molecular weight excluding hydrogens is 755 g/mol. The number of para-hydroxylation sites is 2. The van der Waals surface area contributed by atoms with E-state index in [1.165, 1.54) is 49.3 Å². The zero-order valence-electron chi connectivity index (χ0n) is 34.1. The van der Waals surface area contributed by atoms with Crippen molar-refractivity contribution in [2.24, 2.45) is 0 Å². The van der Waals surface area contributed by atoms with Crippen LogP contribution in [0, 0.1) is 0 Å². The molecule has 62 heavy (non-hydrogen) atoms. The van der Waals surface area contributed by atoms with Gasteiger partial charge in [-0.3, -0.25) is 0 Å². The monoisotopic (exact) mass is 793 g/mol. The molecular formula is C58H39N3O. The Morgan fingerprint density at radius 3 is 1.81 bits per heavy atom. The molecule has 4 heteroatoms. The SMILES string of the molecule is C=C/C(=C\C=C/C)n1c2ccccc2c2cc(-c3ccc4c(c3)c3cc(-c5ccc6c(ccc7ccc8oc(-c9ccccc9)nc8c76)c5)ccc3n4-c3ccccc3)ccc21. The summed E-state index contributed by atoms with van der Waals surface area (Å²) in [7, 11) is 0. The van der Waals surface area contributed by atoms with Crippen molar-refractivity contribution in [3.05, 3.63) is 213 Å². The summed E-state index contributed by atoms with van der Waals surface area (Å²) in [6.07, 6.45) is 8.17. The van der Waals surface area contributed by atoms with Crippen molar-refractivity contribution >= 4 is 82.0 Å². The number of aromatic nitrogens is 3. The Hall–Kier alpha value is -8.21. The van der Waals surface area contributed by atoms with E-state index in [9.17, 15) is 0 Å². The molecule has 3 aromatic heterocycles. The molecule has 0 unspecified atom stereocenters. The normalized spacial score (nSPS) is 12.4. The first-order valence-corrected chi connectivity index (χ1v) is 21.1. The molecule has 0 fully saturated rings. The summed E-state index contributed by atoms with van der Waals surface area (Å²) in [6.45, 7) is 6.20. The number of rotatable bonds is 7. The van der Waals surface area contributed by atoms with E-state index in [1.54, 1.807) is 0 Å². The number of allylic oxidation sites excluding steroid dienone is 5. The van der Waals surface area contributed by atoms with Crippen molar-refractivity contribution in [2.45, 2.75) is 6.92 Å². The van der Waals surface area contributed by atoms with Gasteiger partial charge in [0.1, 0.15) is 5.52 Å². The van der Waals surface area contributed by atoms with Crippen LogP contribution in [0.25, 0.3) is 121 Å². The zero-order chi connectivity index (χ0) is 41.3. The third kappa shape index (κ3) is 5.58. The molecule has 0 saturated carbocycles.